The standard InChI is InChI=1S/C33H45ClN4O2/c1-40-31-14-6-13-29-30(33(39)35-24-27-11-5-12-28(34)23-27)25-38(32(29)31)19-8-18-36-16-7-17-37(22-21-36)20-15-26-9-3-2-4-10-26/h2-5,9-12,23,25,29,31-32H,6-8,13-22,24H2,1H3,(H,35,39)/t29?,31-,32?/m1/s1. The van der Waals surface area contributed by atoms with Gasteiger partial charge in [-0.3, -0.25) is 4.79 Å². The maximum atomic E-state index is 13.3. The van der Waals surface area contributed by atoms with Crippen molar-refractivity contribution in [3.63, 3.8) is 0 Å². The van der Waals surface area contributed by atoms with Crippen LogP contribution in [0.15, 0.2) is 66.4 Å². The number of fused-ring (bicyclic) bond motifs is 1. The molecule has 1 amide bonds. The molecular weight excluding hydrogens is 520 g/mol. The summed E-state index contributed by atoms with van der Waals surface area (Å²) in [5.41, 5.74) is 3.36. The maximum absolute atomic E-state index is 13.3. The van der Waals surface area contributed by atoms with Gasteiger partial charge in [0.15, 0.2) is 0 Å². The molecule has 0 bridgehead atoms. The molecule has 0 radical (unpaired) electrons. The fraction of sp³-hybridized carbons (Fsp3) is 0.545. The Morgan fingerprint density at radius 1 is 0.925 bits per heavy atom. The van der Waals surface area contributed by atoms with Gasteiger partial charge in [0.25, 0.3) is 0 Å². The lowest BCUT2D eigenvalue weighted by Crippen LogP contribution is -2.47. The topological polar surface area (TPSA) is 48.1 Å². The summed E-state index contributed by atoms with van der Waals surface area (Å²) in [5, 5.41) is 3.84. The minimum Gasteiger partial charge on any atom is -0.379 e. The van der Waals surface area contributed by atoms with Crippen molar-refractivity contribution in [1.29, 1.82) is 0 Å². The second-order valence-electron chi connectivity index (χ2n) is 11.6. The molecule has 7 heteroatoms. The second kappa shape index (κ2) is 14.5. The van der Waals surface area contributed by atoms with Gasteiger partial charge < -0.3 is 24.8 Å². The van der Waals surface area contributed by atoms with E-state index in [1.165, 1.54) is 25.1 Å². The van der Waals surface area contributed by atoms with Crippen molar-refractivity contribution in [3.8, 4) is 0 Å². The molecule has 1 saturated carbocycles. The van der Waals surface area contributed by atoms with Crippen LogP contribution < -0.4 is 5.32 Å². The van der Waals surface area contributed by atoms with Gasteiger partial charge in [-0.15, -0.1) is 0 Å². The lowest BCUT2D eigenvalue weighted by atomic mass is 9.79. The van der Waals surface area contributed by atoms with Gasteiger partial charge in [-0.25, -0.2) is 0 Å². The van der Waals surface area contributed by atoms with E-state index < -0.39 is 0 Å². The number of nitrogens with one attached hydrogen (secondary N) is 1. The molecule has 1 saturated heterocycles. The average molecular weight is 565 g/mol. The highest BCUT2D eigenvalue weighted by Crippen LogP contribution is 2.40. The zero-order valence-electron chi connectivity index (χ0n) is 23.9. The van der Waals surface area contributed by atoms with Crippen molar-refractivity contribution in [3.05, 3.63) is 82.5 Å². The highest BCUT2D eigenvalue weighted by atomic mass is 35.5. The molecule has 0 aromatic heterocycles. The Kier molecular flexibility index (Phi) is 10.6. The number of methoxy groups -OCH3 is 1. The quantitative estimate of drug-likeness (QED) is 0.417. The van der Waals surface area contributed by atoms with Crippen LogP contribution in [0.5, 0.6) is 0 Å². The molecule has 3 atom stereocenters. The monoisotopic (exact) mass is 564 g/mol. The first-order chi connectivity index (χ1) is 19.6. The van der Waals surface area contributed by atoms with Crippen molar-refractivity contribution >= 4 is 17.5 Å². The minimum atomic E-state index is 0.0392. The summed E-state index contributed by atoms with van der Waals surface area (Å²) in [6.45, 7) is 8.31. The predicted molar refractivity (Wildman–Crippen MR) is 162 cm³/mol. The second-order valence-corrected chi connectivity index (χ2v) is 12.0. The van der Waals surface area contributed by atoms with Crippen LogP contribution in [0.4, 0.5) is 0 Å². The molecule has 1 aliphatic carbocycles. The Morgan fingerprint density at radius 2 is 1.70 bits per heavy atom. The molecule has 2 heterocycles. The summed E-state index contributed by atoms with van der Waals surface area (Å²) in [7, 11) is 1.82. The SMILES string of the molecule is CO[C@@H]1CCCC2C(C(=O)NCc3cccc(Cl)c3)=CN(CCCN3CCCN(CCc4ccccc4)CC3)C21. The Labute approximate surface area is 245 Å². The molecule has 40 heavy (non-hydrogen) atoms. The van der Waals surface area contributed by atoms with Crippen molar-refractivity contribution in [2.24, 2.45) is 5.92 Å². The van der Waals surface area contributed by atoms with E-state index >= 15 is 0 Å². The molecule has 6 nitrogen and oxygen atoms in total. The number of nitrogens with zero attached hydrogens (tertiary/aromatic N) is 3. The fourth-order valence-electron chi connectivity index (χ4n) is 6.79. The number of benzene rings is 2. The molecule has 3 aliphatic rings. The number of hydrogen-bond donors (Lipinski definition) is 1. The van der Waals surface area contributed by atoms with E-state index in [9.17, 15) is 4.79 Å². The fourth-order valence-corrected chi connectivity index (χ4v) is 7.01. The Bertz CT molecular complexity index is 1130. The number of ether oxygens (including phenoxy) is 1. The highest BCUT2D eigenvalue weighted by Gasteiger charge is 2.44. The van der Waals surface area contributed by atoms with Gasteiger partial charge in [0.1, 0.15) is 0 Å². The molecule has 2 aromatic rings. The zero-order valence-corrected chi connectivity index (χ0v) is 24.7. The molecular formula is C33H45ClN4O2. The van der Waals surface area contributed by atoms with E-state index in [0.717, 1.165) is 76.0 Å². The van der Waals surface area contributed by atoms with Crippen LogP contribution in [0.1, 0.15) is 43.2 Å². The number of halogens is 1. The van der Waals surface area contributed by atoms with E-state index in [1.54, 1.807) is 0 Å². The van der Waals surface area contributed by atoms with Crippen LogP contribution in [0, 0.1) is 5.92 Å². The van der Waals surface area contributed by atoms with Crippen molar-refractivity contribution in [2.75, 3.05) is 52.9 Å². The van der Waals surface area contributed by atoms with Crippen LogP contribution in [0.3, 0.4) is 0 Å². The third kappa shape index (κ3) is 7.67. The van der Waals surface area contributed by atoms with Crippen molar-refractivity contribution in [1.82, 2.24) is 20.0 Å². The highest BCUT2D eigenvalue weighted by molar-refractivity contribution is 6.30. The van der Waals surface area contributed by atoms with Crippen LogP contribution >= 0.6 is 11.6 Å². The summed E-state index contributed by atoms with van der Waals surface area (Å²) in [5.74, 6) is 0.270. The third-order valence-electron chi connectivity index (χ3n) is 8.92. The Balaban J connectivity index is 1.13. The van der Waals surface area contributed by atoms with Gasteiger partial charge in [0.05, 0.1) is 12.1 Å². The average Bonchev–Trinajstić information content (AvgIpc) is 3.20. The molecule has 2 unspecified atom stereocenters. The number of carbonyl (C=O) groups is 1. The van der Waals surface area contributed by atoms with Gasteiger partial charge in [0.2, 0.25) is 5.91 Å². The van der Waals surface area contributed by atoms with Crippen molar-refractivity contribution < 1.29 is 9.53 Å². The van der Waals surface area contributed by atoms with Crippen LogP contribution in [0.2, 0.25) is 5.02 Å². The van der Waals surface area contributed by atoms with E-state index in [1.807, 2.05) is 31.4 Å². The van der Waals surface area contributed by atoms with Crippen molar-refractivity contribution in [2.45, 2.75) is 57.2 Å². The largest absolute Gasteiger partial charge is 0.379 e. The predicted octanol–water partition coefficient (Wildman–Crippen LogP) is 4.98. The molecule has 0 spiro atoms. The number of carbonyl (C=O) groups excluding carboxylic acids is 1. The number of hydrogen-bond acceptors (Lipinski definition) is 5. The van der Waals surface area contributed by atoms with Gasteiger partial charge in [-0.1, -0.05) is 60.5 Å². The first-order valence-corrected chi connectivity index (χ1v) is 15.5. The third-order valence-corrected chi connectivity index (χ3v) is 9.16. The Morgan fingerprint density at radius 3 is 2.48 bits per heavy atom. The summed E-state index contributed by atoms with van der Waals surface area (Å²) in [6, 6.07) is 18.8. The molecule has 2 aliphatic heterocycles. The normalized spacial score (nSPS) is 23.9. The zero-order chi connectivity index (χ0) is 27.7. The molecule has 216 valence electrons. The number of amides is 1. The van der Waals surface area contributed by atoms with E-state index in [-0.39, 0.29) is 24.0 Å². The lowest BCUT2D eigenvalue weighted by molar-refractivity contribution is -0.118. The summed E-state index contributed by atoms with van der Waals surface area (Å²) in [6.07, 6.45) is 8.97. The van der Waals surface area contributed by atoms with E-state index in [0.29, 0.717) is 11.6 Å². The number of rotatable bonds is 11. The maximum Gasteiger partial charge on any atom is 0.249 e. The lowest BCUT2D eigenvalue weighted by Gasteiger charge is -2.39. The summed E-state index contributed by atoms with van der Waals surface area (Å²) in [4.78, 5) is 21.0. The first kappa shape index (κ1) is 29.1. The molecule has 2 fully saturated rings. The van der Waals surface area contributed by atoms with Gasteiger partial charge in [0, 0.05) is 62.5 Å². The van der Waals surface area contributed by atoms with Gasteiger partial charge in [-0.05, 0) is 75.0 Å². The first-order valence-electron chi connectivity index (χ1n) is 15.1. The molecule has 1 N–H and O–H groups in total. The van der Waals surface area contributed by atoms with Crippen LogP contribution in [0.25, 0.3) is 0 Å². The molecule has 2 aromatic carbocycles. The van der Waals surface area contributed by atoms with Gasteiger partial charge in [-0.2, -0.15) is 0 Å². The smallest absolute Gasteiger partial charge is 0.249 e. The van der Waals surface area contributed by atoms with Crippen LogP contribution in [-0.2, 0) is 22.5 Å². The summed E-state index contributed by atoms with van der Waals surface area (Å²) < 4.78 is 5.95. The van der Waals surface area contributed by atoms with Gasteiger partial charge >= 0.3 is 0 Å². The Hall–Kier alpha value is -2.38. The van der Waals surface area contributed by atoms with Crippen LogP contribution in [-0.4, -0.2) is 85.7 Å². The minimum absolute atomic E-state index is 0.0392. The van der Waals surface area contributed by atoms with E-state index in [2.05, 4.69) is 56.5 Å². The summed E-state index contributed by atoms with van der Waals surface area (Å²) >= 11 is 6.14. The molecule has 5 rings (SSSR count). The van der Waals surface area contributed by atoms with E-state index in [4.69, 9.17) is 16.3 Å².